The topological polar surface area (TPSA) is 50.2 Å². The number of nitrogens with one attached hydrogen (secondary N) is 1. The molecule has 1 aromatic heterocycles. The second-order valence-electron chi connectivity index (χ2n) is 6.33. The van der Waals surface area contributed by atoms with E-state index in [4.69, 9.17) is 0 Å². The minimum Gasteiger partial charge on any atom is -0.366 e. The molecule has 0 aliphatic carbocycles. The summed E-state index contributed by atoms with van der Waals surface area (Å²) in [7, 11) is 0. The van der Waals surface area contributed by atoms with E-state index < -0.39 is 11.6 Å². The number of aromatic nitrogens is 2. The maximum Gasteiger partial charge on any atom is 0.351 e. The minimum atomic E-state index is -0.614. The van der Waals surface area contributed by atoms with Crippen LogP contribution < -0.4 is 15.9 Å². The van der Waals surface area contributed by atoms with Crippen molar-refractivity contribution in [1.82, 2.24) is 9.55 Å². The van der Waals surface area contributed by atoms with Crippen molar-refractivity contribution in [2.45, 2.75) is 38.4 Å². The normalized spacial score (nSPS) is 19.1. The van der Waals surface area contributed by atoms with Crippen LogP contribution in [0.2, 0.25) is 0 Å². The van der Waals surface area contributed by atoms with Gasteiger partial charge in [-0.3, -0.25) is 4.57 Å². The van der Waals surface area contributed by atoms with Crippen LogP contribution >= 0.6 is 0 Å². The Kier molecular flexibility index (Phi) is 3.70. The Morgan fingerprint density at radius 3 is 2.96 bits per heavy atom. The van der Waals surface area contributed by atoms with E-state index in [1.54, 1.807) is 4.57 Å². The summed E-state index contributed by atoms with van der Waals surface area (Å²) < 4.78 is 28.4. The summed E-state index contributed by atoms with van der Waals surface area (Å²) in [4.78, 5) is 18.6. The summed E-state index contributed by atoms with van der Waals surface area (Å²) in [5.41, 5.74) is 0.0404. The number of rotatable bonds is 3. The predicted molar refractivity (Wildman–Crippen MR) is 87.2 cm³/mol. The third kappa shape index (κ3) is 2.64. The van der Waals surface area contributed by atoms with Crippen LogP contribution in [0, 0.1) is 11.6 Å². The molecule has 24 heavy (non-hydrogen) atoms. The molecule has 1 aromatic carbocycles. The van der Waals surface area contributed by atoms with Gasteiger partial charge in [-0.15, -0.1) is 0 Å². The Morgan fingerprint density at radius 1 is 1.25 bits per heavy atom. The van der Waals surface area contributed by atoms with Gasteiger partial charge in [-0.2, -0.15) is 4.98 Å². The van der Waals surface area contributed by atoms with Gasteiger partial charge in [0.2, 0.25) is 0 Å². The SMILES string of the molecule is O=c1nc(NCc2ccc(F)cc2F)cc2n1CC1CCCCN21. The lowest BCUT2D eigenvalue weighted by molar-refractivity contribution is 0.458. The first-order valence-electron chi connectivity index (χ1n) is 8.18. The van der Waals surface area contributed by atoms with Gasteiger partial charge in [-0.25, -0.2) is 13.6 Å². The molecule has 2 aliphatic heterocycles. The van der Waals surface area contributed by atoms with Gasteiger partial charge in [0.1, 0.15) is 23.3 Å². The van der Waals surface area contributed by atoms with Crippen LogP contribution in [0.4, 0.5) is 20.4 Å². The Bertz CT molecular complexity index is 836. The van der Waals surface area contributed by atoms with E-state index >= 15 is 0 Å². The van der Waals surface area contributed by atoms with E-state index in [1.165, 1.54) is 18.6 Å². The Morgan fingerprint density at radius 2 is 2.12 bits per heavy atom. The van der Waals surface area contributed by atoms with Crippen LogP contribution in [0.25, 0.3) is 0 Å². The highest BCUT2D eigenvalue weighted by Crippen LogP contribution is 2.31. The van der Waals surface area contributed by atoms with E-state index in [0.29, 0.717) is 24.0 Å². The molecule has 3 heterocycles. The van der Waals surface area contributed by atoms with Gasteiger partial charge >= 0.3 is 5.69 Å². The van der Waals surface area contributed by atoms with Crippen LogP contribution in [-0.2, 0) is 13.1 Å². The van der Waals surface area contributed by atoms with E-state index in [1.807, 2.05) is 6.07 Å². The molecule has 4 rings (SSSR count). The highest BCUT2D eigenvalue weighted by Gasteiger charge is 2.32. The Hall–Kier alpha value is -2.44. The molecule has 5 nitrogen and oxygen atoms in total. The molecule has 1 N–H and O–H groups in total. The third-order valence-corrected chi connectivity index (χ3v) is 4.78. The fraction of sp³-hybridized carbons (Fsp3) is 0.412. The molecular formula is C17H18F2N4O. The number of benzene rings is 1. The number of piperidine rings is 1. The maximum atomic E-state index is 13.7. The molecule has 0 amide bonds. The van der Waals surface area contributed by atoms with Gasteiger partial charge in [-0.1, -0.05) is 6.07 Å². The van der Waals surface area contributed by atoms with E-state index in [9.17, 15) is 13.6 Å². The van der Waals surface area contributed by atoms with Crippen molar-refractivity contribution in [3.05, 3.63) is 51.9 Å². The van der Waals surface area contributed by atoms with Gasteiger partial charge in [0.25, 0.3) is 0 Å². The molecule has 1 saturated heterocycles. The standard InChI is InChI=1S/C17H18F2N4O/c18-12-5-4-11(14(19)7-12)9-20-15-8-16-22-6-2-1-3-13(22)10-23(16)17(24)21-15/h4-5,7-8,13H,1-3,6,9-10H2,(H,20,21,24). The summed E-state index contributed by atoms with van der Waals surface area (Å²) >= 11 is 0. The van der Waals surface area contributed by atoms with Crippen LogP contribution in [-0.4, -0.2) is 22.1 Å². The van der Waals surface area contributed by atoms with Gasteiger partial charge in [0.15, 0.2) is 0 Å². The lowest BCUT2D eigenvalue weighted by Crippen LogP contribution is -2.36. The Labute approximate surface area is 137 Å². The number of hydrogen-bond acceptors (Lipinski definition) is 4. The van der Waals surface area contributed by atoms with Crippen molar-refractivity contribution in [3.63, 3.8) is 0 Å². The highest BCUT2D eigenvalue weighted by atomic mass is 19.1. The fourth-order valence-electron chi connectivity index (χ4n) is 3.55. The average molecular weight is 332 g/mol. The second kappa shape index (κ2) is 5.89. The van der Waals surface area contributed by atoms with E-state index in [0.717, 1.165) is 31.3 Å². The zero-order valence-corrected chi connectivity index (χ0v) is 13.1. The van der Waals surface area contributed by atoms with Gasteiger partial charge < -0.3 is 10.2 Å². The summed E-state index contributed by atoms with van der Waals surface area (Å²) in [6, 6.07) is 5.66. The molecule has 2 aliphatic rings. The van der Waals surface area contributed by atoms with Crippen LogP contribution in [0.15, 0.2) is 29.1 Å². The third-order valence-electron chi connectivity index (χ3n) is 4.78. The van der Waals surface area contributed by atoms with Crippen LogP contribution in [0.5, 0.6) is 0 Å². The monoisotopic (exact) mass is 332 g/mol. The molecule has 0 radical (unpaired) electrons. The first-order valence-corrected chi connectivity index (χ1v) is 8.18. The number of nitrogens with zero attached hydrogens (tertiary/aromatic N) is 3. The lowest BCUT2D eigenvalue weighted by atomic mass is 10.0. The van der Waals surface area contributed by atoms with Crippen LogP contribution in [0.1, 0.15) is 24.8 Å². The second-order valence-corrected chi connectivity index (χ2v) is 6.33. The number of fused-ring (bicyclic) bond motifs is 3. The Balaban J connectivity index is 1.57. The van der Waals surface area contributed by atoms with Gasteiger partial charge in [0.05, 0.1) is 0 Å². The number of halogens is 2. The smallest absolute Gasteiger partial charge is 0.351 e. The summed E-state index contributed by atoms with van der Waals surface area (Å²) in [5.74, 6) is 0.0701. The predicted octanol–water partition coefficient (Wildman–Crippen LogP) is 2.51. The van der Waals surface area contributed by atoms with Crippen LogP contribution in [0.3, 0.4) is 0 Å². The van der Waals surface area contributed by atoms with E-state index in [2.05, 4.69) is 15.2 Å². The van der Waals surface area contributed by atoms with E-state index in [-0.39, 0.29) is 12.2 Å². The minimum absolute atomic E-state index is 0.144. The lowest BCUT2D eigenvalue weighted by Gasteiger charge is -2.30. The molecule has 1 unspecified atom stereocenters. The summed E-state index contributed by atoms with van der Waals surface area (Å²) in [6.07, 6.45) is 3.40. The van der Waals surface area contributed by atoms with Crippen molar-refractivity contribution in [3.8, 4) is 0 Å². The molecule has 0 saturated carbocycles. The van der Waals surface area contributed by atoms with Crippen molar-refractivity contribution >= 4 is 11.6 Å². The zero-order chi connectivity index (χ0) is 16.7. The number of hydrogen-bond donors (Lipinski definition) is 1. The first-order chi connectivity index (χ1) is 11.6. The molecule has 0 bridgehead atoms. The average Bonchev–Trinajstić information content (AvgIpc) is 2.94. The van der Waals surface area contributed by atoms with Crippen molar-refractivity contribution in [2.24, 2.45) is 0 Å². The van der Waals surface area contributed by atoms with Crippen molar-refractivity contribution in [2.75, 3.05) is 16.8 Å². The van der Waals surface area contributed by atoms with Crippen molar-refractivity contribution in [1.29, 1.82) is 0 Å². The molecule has 126 valence electrons. The molecule has 2 aromatic rings. The fourth-order valence-corrected chi connectivity index (χ4v) is 3.55. The highest BCUT2D eigenvalue weighted by molar-refractivity contribution is 5.53. The molecule has 1 fully saturated rings. The zero-order valence-electron chi connectivity index (χ0n) is 13.1. The first kappa shape index (κ1) is 15.1. The largest absolute Gasteiger partial charge is 0.366 e. The van der Waals surface area contributed by atoms with Gasteiger partial charge in [0, 0.05) is 43.4 Å². The molecule has 7 heteroatoms. The molecular weight excluding hydrogens is 314 g/mol. The summed E-state index contributed by atoms with van der Waals surface area (Å²) in [6.45, 7) is 1.78. The maximum absolute atomic E-state index is 13.7. The molecule has 1 atom stereocenters. The van der Waals surface area contributed by atoms with Gasteiger partial charge in [-0.05, 0) is 25.3 Å². The number of anilines is 2. The molecule has 0 spiro atoms. The summed E-state index contributed by atoms with van der Waals surface area (Å²) in [5, 5.41) is 2.97. The van der Waals surface area contributed by atoms with Crippen molar-refractivity contribution < 1.29 is 8.78 Å². The quantitative estimate of drug-likeness (QED) is 0.938.